The Kier molecular flexibility index (Phi) is 8.61. The van der Waals surface area contributed by atoms with Gasteiger partial charge in [-0.2, -0.15) is 5.26 Å². The molecule has 0 spiro atoms. The van der Waals surface area contributed by atoms with Crippen molar-refractivity contribution in [2.45, 2.75) is 39.2 Å². The number of rotatable bonds is 8. The van der Waals surface area contributed by atoms with E-state index >= 15 is 0 Å². The first-order valence-corrected chi connectivity index (χ1v) is 5.56. The Morgan fingerprint density at radius 3 is 2.57 bits per heavy atom. The molecule has 0 aromatic carbocycles. The zero-order valence-electron chi connectivity index (χ0n) is 9.71. The molecule has 0 aromatic rings. The molecular weight excluding hydrogens is 174 g/mol. The standard InChI is InChI=1S/C11H23N3/c1-4-6-8-14(3)9-7-11(10-12)13-5-2/h11,13H,4-9H2,1-3H3. The van der Waals surface area contributed by atoms with Crippen LogP contribution in [0.1, 0.15) is 33.1 Å². The zero-order valence-corrected chi connectivity index (χ0v) is 9.71. The Labute approximate surface area is 88.1 Å². The van der Waals surface area contributed by atoms with Crippen LogP contribution in [0.25, 0.3) is 0 Å². The van der Waals surface area contributed by atoms with Crippen LogP contribution in [0.5, 0.6) is 0 Å². The minimum Gasteiger partial charge on any atom is -0.306 e. The highest BCUT2D eigenvalue weighted by atomic mass is 15.1. The molecule has 3 nitrogen and oxygen atoms in total. The number of nitriles is 1. The van der Waals surface area contributed by atoms with Crippen molar-refractivity contribution in [3.8, 4) is 6.07 Å². The summed E-state index contributed by atoms with van der Waals surface area (Å²) < 4.78 is 0. The molecule has 3 heteroatoms. The summed E-state index contributed by atoms with van der Waals surface area (Å²) in [7, 11) is 2.12. The maximum Gasteiger partial charge on any atom is 0.0965 e. The minimum absolute atomic E-state index is 0.0177. The summed E-state index contributed by atoms with van der Waals surface area (Å²) in [4.78, 5) is 2.30. The summed E-state index contributed by atoms with van der Waals surface area (Å²) in [5.41, 5.74) is 0. The lowest BCUT2D eigenvalue weighted by molar-refractivity contribution is 0.313. The van der Waals surface area contributed by atoms with Gasteiger partial charge in [-0.15, -0.1) is 0 Å². The molecule has 0 heterocycles. The van der Waals surface area contributed by atoms with Crippen LogP contribution >= 0.6 is 0 Å². The van der Waals surface area contributed by atoms with Crippen molar-refractivity contribution >= 4 is 0 Å². The molecule has 0 radical (unpaired) electrons. The van der Waals surface area contributed by atoms with Crippen LogP contribution in [0, 0.1) is 11.3 Å². The third-order valence-electron chi connectivity index (χ3n) is 2.30. The Hall–Kier alpha value is -0.590. The molecule has 0 amide bonds. The molecule has 14 heavy (non-hydrogen) atoms. The van der Waals surface area contributed by atoms with Gasteiger partial charge in [0.15, 0.2) is 0 Å². The van der Waals surface area contributed by atoms with Gasteiger partial charge in [0.05, 0.1) is 12.1 Å². The first-order chi connectivity index (χ1) is 6.74. The van der Waals surface area contributed by atoms with Crippen molar-refractivity contribution in [1.29, 1.82) is 5.26 Å². The molecule has 1 unspecified atom stereocenters. The molecule has 82 valence electrons. The lowest BCUT2D eigenvalue weighted by Gasteiger charge is -2.18. The van der Waals surface area contributed by atoms with Gasteiger partial charge in [0.25, 0.3) is 0 Å². The molecule has 0 saturated carbocycles. The first kappa shape index (κ1) is 13.4. The van der Waals surface area contributed by atoms with Gasteiger partial charge in [0, 0.05) is 6.54 Å². The third kappa shape index (κ3) is 6.88. The van der Waals surface area contributed by atoms with Crippen LogP contribution in [-0.2, 0) is 0 Å². The predicted molar refractivity (Wildman–Crippen MR) is 60.1 cm³/mol. The Bertz CT molecular complexity index is 162. The van der Waals surface area contributed by atoms with Gasteiger partial charge >= 0.3 is 0 Å². The predicted octanol–water partition coefficient (Wildman–Crippen LogP) is 1.61. The monoisotopic (exact) mass is 197 g/mol. The fourth-order valence-corrected chi connectivity index (χ4v) is 1.35. The van der Waals surface area contributed by atoms with Crippen LogP contribution in [-0.4, -0.2) is 37.6 Å². The summed E-state index contributed by atoms with van der Waals surface area (Å²) in [6.07, 6.45) is 3.40. The molecule has 0 aliphatic rings. The van der Waals surface area contributed by atoms with Crippen LogP contribution in [0.15, 0.2) is 0 Å². The second-order valence-corrected chi connectivity index (χ2v) is 3.68. The molecule has 0 saturated heterocycles. The Balaban J connectivity index is 3.53. The van der Waals surface area contributed by atoms with Gasteiger partial charge in [0.1, 0.15) is 0 Å². The molecular formula is C11H23N3. The third-order valence-corrected chi connectivity index (χ3v) is 2.30. The number of unbranched alkanes of at least 4 members (excludes halogenated alkanes) is 1. The van der Waals surface area contributed by atoms with Crippen molar-refractivity contribution in [2.24, 2.45) is 0 Å². The second kappa shape index (κ2) is 8.98. The molecule has 1 atom stereocenters. The maximum absolute atomic E-state index is 8.82. The van der Waals surface area contributed by atoms with E-state index in [1.807, 2.05) is 6.92 Å². The molecule has 0 aliphatic heterocycles. The zero-order chi connectivity index (χ0) is 10.8. The van der Waals surface area contributed by atoms with E-state index in [-0.39, 0.29) is 6.04 Å². The van der Waals surface area contributed by atoms with E-state index < -0.39 is 0 Å². The van der Waals surface area contributed by atoms with Crippen LogP contribution < -0.4 is 5.32 Å². The average Bonchev–Trinajstić information content (AvgIpc) is 2.21. The van der Waals surface area contributed by atoms with Gasteiger partial charge in [-0.3, -0.25) is 0 Å². The fourth-order valence-electron chi connectivity index (χ4n) is 1.35. The van der Waals surface area contributed by atoms with E-state index in [4.69, 9.17) is 5.26 Å². The van der Waals surface area contributed by atoms with Gasteiger partial charge in [-0.25, -0.2) is 0 Å². The van der Waals surface area contributed by atoms with Gasteiger partial charge in [-0.05, 0) is 33.0 Å². The first-order valence-electron chi connectivity index (χ1n) is 5.56. The maximum atomic E-state index is 8.82. The molecule has 0 fully saturated rings. The highest BCUT2D eigenvalue weighted by molar-refractivity contribution is 4.89. The van der Waals surface area contributed by atoms with E-state index in [1.54, 1.807) is 0 Å². The quantitative estimate of drug-likeness (QED) is 0.642. The van der Waals surface area contributed by atoms with Gasteiger partial charge in [-0.1, -0.05) is 20.3 Å². The molecule has 0 aliphatic carbocycles. The highest BCUT2D eigenvalue weighted by Gasteiger charge is 2.06. The van der Waals surface area contributed by atoms with Crippen molar-refractivity contribution in [3.63, 3.8) is 0 Å². The minimum atomic E-state index is 0.0177. The van der Waals surface area contributed by atoms with E-state index in [9.17, 15) is 0 Å². The second-order valence-electron chi connectivity index (χ2n) is 3.68. The van der Waals surface area contributed by atoms with E-state index in [0.717, 1.165) is 26.1 Å². The highest BCUT2D eigenvalue weighted by Crippen LogP contribution is 1.96. The number of nitrogens with zero attached hydrogens (tertiary/aromatic N) is 2. The molecule has 0 rings (SSSR count). The van der Waals surface area contributed by atoms with Crippen molar-refractivity contribution in [3.05, 3.63) is 0 Å². The lowest BCUT2D eigenvalue weighted by atomic mass is 10.2. The van der Waals surface area contributed by atoms with E-state index in [0.29, 0.717) is 0 Å². The summed E-state index contributed by atoms with van der Waals surface area (Å²) in [6.45, 7) is 7.25. The van der Waals surface area contributed by atoms with Crippen LogP contribution in [0.4, 0.5) is 0 Å². The summed E-state index contributed by atoms with van der Waals surface area (Å²) in [6, 6.07) is 2.29. The lowest BCUT2D eigenvalue weighted by Crippen LogP contribution is -2.32. The number of nitrogens with one attached hydrogen (secondary N) is 1. The summed E-state index contributed by atoms with van der Waals surface area (Å²) in [5.74, 6) is 0. The Morgan fingerprint density at radius 1 is 1.36 bits per heavy atom. The SMILES string of the molecule is CCCCN(C)CCC(C#N)NCC. The average molecular weight is 197 g/mol. The van der Waals surface area contributed by atoms with Crippen LogP contribution in [0.2, 0.25) is 0 Å². The largest absolute Gasteiger partial charge is 0.306 e. The molecule has 0 aromatic heterocycles. The van der Waals surface area contributed by atoms with Crippen molar-refractivity contribution in [1.82, 2.24) is 10.2 Å². The van der Waals surface area contributed by atoms with Gasteiger partial charge in [0.2, 0.25) is 0 Å². The van der Waals surface area contributed by atoms with E-state index in [2.05, 4.69) is 30.3 Å². The van der Waals surface area contributed by atoms with Gasteiger partial charge < -0.3 is 10.2 Å². The summed E-state index contributed by atoms with van der Waals surface area (Å²) >= 11 is 0. The number of hydrogen-bond donors (Lipinski definition) is 1. The normalized spacial score (nSPS) is 12.8. The molecule has 1 N–H and O–H groups in total. The van der Waals surface area contributed by atoms with E-state index in [1.165, 1.54) is 12.8 Å². The fraction of sp³-hybridized carbons (Fsp3) is 0.909. The smallest absolute Gasteiger partial charge is 0.0965 e. The molecule has 0 bridgehead atoms. The van der Waals surface area contributed by atoms with Crippen LogP contribution in [0.3, 0.4) is 0 Å². The topological polar surface area (TPSA) is 39.1 Å². The number of hydrogen-bond acceptors (Lipinski definition) is 3. The Morgan fingerprint density at radius 2 is 2.07 bits per heavy atom. The summed E-state index contributed by atoms with van der Waals surface area (Å²) in [5, 5.41) is 12.0. The van der Waals surface area contributed by atoms with Crippen molar-refractivity contribution < 1.29 is 0 Å². The van der Waals surface area contributed by atoms with Crippen molar-refractivity contribution in [2.75, 3.05) is 26.7 Å².